The second kappa shape index (κ2) is 11.1. The van der Waals surface area contributed by atoms with Gasteiger partial charge < -0.3 is 20.3 Å². The number of benzene rings is 2. The van der Waals surface area contributed by atoms with Crippen molar-refractivity contribution in [2.75, 3.05) is 56.7 Å². The largest absolute Gasteiger partial charge is 0.378 e. The maximum absolute atomic E-state index is 12.3. The van der Waals surface area contributed by atoms with Crippen molar-refractivity contribution in [3.63, 3.8) is 0 Å². The average molecular weight is 445 g/mol. The molecule has 0 aromatic heterocycles. The van der Waals surface area contributed by atoms with Crippen molar-refractivity contribution in [2.24, 2.45) is 0 Å². The van der Waals surface area contributed by atoms with Crippen LogP contribution in [0.4, 0.5) is 11.4 Å². The summed E-state index contributed by atoms with van der Waals surface area (Å²) in [5.41, 5.74) is 2.82. The van der Waals surface area contributed by atoms with Gasteiger partial charge in [0, 0.05) is 29.5 Å². The third kappa shape index (κ3) is 7.24. The molecular weight excluding hydrogens is 416 g/mol. The summed E-state index contributed by atoms with van der Waals surface area (Å²) in [6.45, 7) is 5.36. The van der Waals surface area contributed by atoms with Gasteiger partial charge >= 0.3 is 0 Å². The molecule has 2 amide bonds. The zero-order chi connectivity index (χ0) is 22.2. The minimum atomic E-state index is -0.167. The maximum Gasteiger partial charge on any atom is 0.238 e. The normalized spacial score (nSPS) is 14.9. The van der Waals surface area contributed by atoms with Crippen LogP contribution in [0.5, 0.6) is 0 Å². The predicted molar refractivity (Wildman–Crippen MR) is 124 cm³/mol. The van der Waals surface area contributed by atoms with E-state index >= 15 is 0 Å². The highest BCUT2D eigenvalue weighted by Gasteiger charge is 2.15. The molecule has 0 aliphatic carbocycles. The molecule has 1 aliphatic heterocycles. The lowest BCUT2D eigenvalue weighted by Crippen LogP contribution is -2.39. The molecule has 2 N–H and O–H groups in total. The smallest absolute Gasteiger partial charge is 0.238 e. The number of nitrogens with one attached hydrogen (secondary N) is 2. The summed E-state index contributed by atoms with van der Waals surface area (Å²) < 4.78 is 5.37. The van der Waals surface area contributed by atoms with Crippen molar-refractivity contribution < 1.29 is 14.3 Å². The fourth-order valence-corrected chi connectivity index (χ4v) is 3.57. The third-order valence-electron chi connectivity index (χ3n) is 5.10. The van der Waals surface area contributed by atoms with Crippen LogP contribution in [0.3, 0.4) is 0 Å². The van der Waals surface area contributed by atoms with E-state index in [9.17, 15) is 9.59 Å². The first-order valence-corrected chi connectivity index (χ1v) is 10.7. The molecule has 7 nitrogen and oxygen atoms in total. The average Bonchev–Trinajstić information content (AvgIpc) is 2.75. The van der Waals surface area contributed by atoms with Crippen molar-refractivity contribution in [3.8, 4) is 0 Å². The number of hydrogen-bond donors (Lipinski definition) is 2. The SMILES string of the molecule is CC(NC(=O)CN(C)CC(=O)Nc1ccc(N2CCOCC2)cc1)c1ccc(Cl)cc1. The van der Waals surface area contributed by atoms with E-state index in [0.717, 1.165) is 43.2 Å². The van der Waals surface area contributed by atoms with Gasteiger partial charge in [-0.3, -0.25) is 14.5 Å². The van der Waals surface area contributed by atoms with Gasteiger partial charge in [0.15, 0.2) is 0 Å². The van der Waals surface area contributed by atoms with Crippen LogP contribution in [0.15, 0.2) is 48.5 Å². The molecule has 0 spiro atoms. The summed E-state index contributed by atoms with van der Waals surface area (Å²) in [4.78, 5) is 28.6. The molecule has 1 unspecified atom stereocenters. The predicted octanol–water partition coefficient (Wildman–Crippen LogP) is 2.92. The number of amides is 2. The Bertz CT molecular complexity index is 867. The third-order valence-corrected chi connectivity index (χ3v) is 5.35. The number of carbonyl (C=O) groups excluding carboxylic acids is 2. The van der Waals surface area contributed by atoms with E-state index in [1.165, 1.54) is 0 Å². The van der Waals surface area contributed by atoms with Crippen LogP contribution >= 0.6 is 11.6 Å². The Morgan fingerprint density at radius 3 is 2.29 bits per heavy atom. The van der Waals surface area contributed by atoms with Gasteiger partial charge in [0.25, 0.3) is 0 Å². The van der Waals surface area contributed by atoms with E-state index < -0.39 is 0 Å². The highest BCUT2D eigenvalue weighted by molar-refractivity contribution is 6.30. The van der Waals surface area contributed by atoms with Gasteiger partial charge in [0.2, 0.25) is 11.8 Å². The van der Waals surface area contributed by atoms with Crippen LogP contribution < -0.4 is 15.5 Å². The van der Waals surface area contributed by atoms with E-state index in [0.29, 0.717) is 5.02 Å². The van der Waals surface area contributed by atoms with Crippen LogP contribution in [-0.2, 0) is 14.3 Å². The molecule has 1 saturated heterocycles. The van der Waals surface area contributed by atoms with Gasteiger partial charge in [-0.15, -0.1) is 0 Å². The first-order chi connectivity index (χ1) is 14.9. The molecule has 0 bridgehead atoms. The summed E-state index contributed by atoms with van der Waals surface area (Å²) in [5.74, 6) is -0.312. The van der Waals surface area contributed by atoms with Gasteiger partial charge in [0.05, 0.1) is 32.3 Å². The number of likely N-dealkylation sites (N-methyl/N-ethyl adjacent to an activating group) is 1. The van der Waals surface area contributed by atoms with E-state index in [2.05, 4.69) is 15.5 Å². The highest BCUT2D eigenvalue weighted by atomic mass is 35.5. The lowest BCUT2D eigenvalue weighted by molar-refractivity contribution is -0.123. The Hall–Kier alpha value is -2.61. The zero-order valence-electron chi connectivity index (χ0n) is 17.9. The quantitative estimate of drug-likeness (QED) is 0.655. The van der Waals surface area contributed by atoms with E-state index in [1.807, 2.05) is 43.3 Å². The summed E-state index contributed by atoms with van der Waals surface area (Å²) in [6, 6.07) is 15.0. The number of morpholine rings is 1. The second-order valence-electron chi connectivity index (χ2n) is 7.71. The molecule has 0 radical (unpaired) electrons. The minimum Gasteiger partial charge on any atom is -0.378 e. The number of carbonyl (C=O) groups is 2. The minimum absolute atomic E-state index is 0.119. The van der Waals surface area contributed by atoms with Crippen molar-refractivity contribution >= 4 is 34.8 Å². The Labute approximate surface area is 188 Å². The number of anilines is 2. The molecule has 1 heterocycles. The van der Waals surface area contributed by atoms with E-state index in [4.69, 9.17) is 16.3 Å². The molecule has 8 heteroatoms. The molecule has 0 saturated carbocycles. The molecule has 2 aromatic carbocycles. The van der Waals surface area contributed by atoms with Crippen LogP contribution in [0.25, 0.3) is 0 Å². The van der Waals surface area contributed by atoms with Crippen LogP contribution in [0, 0.1) is 0 Å². The molecule has 2 aromatic rings. The lowest BCUT2D eigenvalue weighted by Gasteiger charge is -2.28. The fraction of sp³-hybridized carbons (Fsp3) is 0.391. The fourth-order valence-electron chi connectivity index (χ4n) is 3.45. The van der Waals surface area contributed by atoms with Gasteiger partial charge in [0.1, 0.15) is 0 Å². The van der Waals surface area contributed by atoms with Gasteiger partial charge in [-0.2, -0.15) is 0 Å². The van der Waals surface area contributed by atoms with Gasteiger partial charge in [-0.05, 0) is 55.9 Å². The molecule has 1 aliphatic rings. The van der Waals surface area contributed by atoms with E-state index in [-0.39, 0.29) is 30.9 Å². The van der Waals surface area contributed by atoms with Crippen molar-refractivity contribution in [2.45, 2.75) is 13.0 Å². The van der Waals surface area contributed by atoms with Gasteiger partial charge in [-0.25, -0.2) is 0 Å². The van der Waals surface area contributed by atoms with Gasteiger partial charge in [-0.1, -0.05) is 23.7 Å². The van der Waals surface area contributed by atoms with Crippen LogP contribution in [0.1, 0.15) is 18.5 Å². The summed E-state index contributed by atoms with van der Waals surface area (Å²) in [6.07, 6.45) is 0. The van der Waals surface area contributed by atoms with Crippen molar-refractivity contribution in [1.82, 2.24) is 10.2 Å². The summed E-state index contributed by atoms with van der Waals surface area (Å²) in [5, 5.41) is 6.47. The molecule has 31 heavy (non-hydrogen) atoms. The van der Waals surface area contributed by atoms with Crippen LogP contribution in [0.2, 0.25) is 5.02 Å². The Kier molecular flexibility index (Phi) is 8.28. The Morgan fingerprint density at radius 1 is 1.03 bits per heavy atom. The standard InChI is InChI=1S/C23H29ClN4O3/c1-17(18-3-5-19(24)6-4-18)25-22(29)15-27(2)16-23(30)26-20-7-9-21(10-8-20)28-11-13-31-14-12-28/h3-10,17H,11-16H2,1-2H3,(H,25,29)(H,26,30). The Balaban J connectivity index is 1.42. The Morgan fingerprint density at radius 2 is 1.65 bits per heavy atom. The van der Waals surface area contributed by atoms with Crippen molar-refractivity contribution in [3.05, 3.63) is 59.1 Å². The molecule has 3 rings (SSSR count). The number of nitrogens with zero attached hydrogens (tertiary/aromatic N) is 2. The molecular formula is C23H29ClN4O3. The molecule has 1 fully saturated rings. The highest BCUT2D eigenvalue weighted by Crippen LogP contribution is 2.19. The zero-order valence-corrected chi connectivity index (χ0v) is 18.7. The second-order valence-corrected chi connectivity index (χ2v) is 8.14. The monoisotopic (exact) mass is 444 g/mol. The number of halogens is 1. The maximum atomic E-state index is 12.3. The lowest BCUT2D eigenvalue weighted by atomic mass is 10.1. The molecule has 166 valence electrons. The molecule has 1 atom stereocenters. The van der Waals surface area contributed by atoms with Crippen molar-refractivity contribution in [1.29, 1.82) is 0 Å². The number of ether oxygens (including phenoxy) is 1. The van der Waals surface area contributed by atoms with Crippen LogP contribution in [-0.4, -0.2) is 63.2 Å². The summed E-state index contributed by atoms with van der Waals surface area (Å²) >= 11 is 5.90. The number of rotatable bonds is 8. The first-order valence-electron chi connectivity index (χ1n) is 10.4. The first kappa shape index (κ1) is 23.1. The van der Waals surface area contributed by atoms with E-state index in [1.54, 1.807) is 24.1 Å². The topological polar surface area (TPSA) is 73.9 Å². The summed E-state index contributed by atoms with van der Waals surface area (Å²) in [7, 11) is 1.74. The number of hydrogen-bond acceptors (Lipinski definition) is 5.